The number of nitrogens with one attached hydrogen (secondary N) is 1. The van der Waals surface area contributed by atoms with Gasteiger partial charge in [0.15, 0.2) is 0 Å². The summed E-state index contributed by atoms with van der Waals surface area (Å²) in [5.74, 6) is 0.0875. The number of hydrogen-bond donors (Lipinski definition) is 2. The van der Waals surface area contributed by atoms with Crippen molar-refractivity contribution in [1.29, 1.82) is 0 Å². The highest BCUT2D eigenvalue weighted by molar-refractivity contribution is 9.10. The topological polar surface area (TPSA) is 55.1 Å². The summed E-state index contributed by atoms with van der Waals surface area (Å²) >= 11 is 3.44. The van der Waals surface area contributed by atoms with E-state index in [1.54, 1.807) is 0 Å². The number of halogens is 1. The molecule has 4 heteroatoms. The fraction of sp³-hybridized carbons (Fsp3) is 0.462. The van der Waals surface area contributed by atoms with Crippen LogP contribution < -0.4 is 11.1 Å². The molecule has 1 aromatic carbocycles. The fourth-order valence-corrected chi connectivity index (χ4v) is 2.02. The van der Waals surface area contributed by atoms with E-state index in [0.29, 0.717) is 6.54 Å². The minimum absolute atomic E-state index is 0.0105. The first-order chi connectivity index (χ1) is 7.97. The normalized spacial score (nSPS) is 12.6. The standard InChI is InChI=1S/C13H19BrN2O/c1-8(2)10(7-15)13(17)16-12-6-4-5-11(14)9(12)3/h4-6,8,10H,7,15H2,1-3H3,(H,16,17). The minimum Gasteiger partial charge on any atom is -0.330 e. The zero-order valence-electron chi connectivity index (χ0n) is 10.5. The van der Waals surface area contributed by atoms with Crippen molar-refractivity contribution in [3.05, 3.63) is 28.2 Å². The second-order valence-corrected chi connectivity index (χ2v) is 5.34. The van der Waals surface area contributed by atoms with Crippen molar-refractivity contribution >= 4 is 27.5 Å². The Balaban J connectivity index is 2.84. The summed E-state index contributed by atoms with van der Waals surface area (Å²) in [5.41, 5.74) is 7.49. The van der Waals surface area contributed by atoms with Gasteiger partial charge in [-0.05, 0) is 30.5 Å². The van der Waals surface area contributed by atoms with Crippen LogP contribution in [0.5, 0.6) is 0 Å². The van der Waals surface area contributed by atoms with Crippen LogP contribution in [-0.2, 0) is 4.79 Å². The molecule has 0 aliphatic heterocycles. The van der Waals surface area contributed by atoms with Crippen molar-refractivity contribution < 1.29 is 4.79 Å². The third-order valence-corrected chi connectivity index (χ3v) is 3.78. The zero-order chi connectivity index (χ0) is 13.0. The molecule has 0 fully saturated rings. The largest absolute Gasteiger partial charge is 0.330 e. The monoisotopic (exact) mass is 298 g/mol. The van der Waals surface area contributed by atoms with E-state index in [1.807, 2.05) is 39.0 Å². The molecule has 1 aromatic rings. The van der Waals surface area contributed by atoms with Crippen molar-refractivity contribution in [2.24, 2.45) is 17.6 Å². The second-order valence-electron chi connectivity index (χ2n) is 4.49. The van der Waals surface area contributed by atoms with Crippen LogP contribution in [0.4, 0.5) is 5.69 Å². The molecule has 1 atom stereocenters. The predicted molar refractivity (Wildman–Crippen MR) is 74.9 cm³/mol. The van der Waals surface area contributed by atoms with Gasteiger partial charge in [0, 0.05) is 16.7 Å². The molecule has 3 N–H and O–H groups in total. The molecule has 0 saturated carbocycles. The van der Waals surface area contributed by atoms with Crippen molar-refractivity contribution in [3.8, 4) is 0 Å². The molecule has 0 bridgehead atoms. The van der Waals surface area contributed by atoms with Crippen molar-refractivity contribution in [1.82, 2.24) is 0 Å². The van der Waals surface area contributed by atoms with Gasteiger partial charge in [0.1, 0.15) is 0 Å². The van der Waals surface area contributed by atoms with Crippen LogP contribution in [0.1, 0.15) is 19.4 Å². The maximum Gasteiger partial charge on any atom is 0.229 e. The molecule has 0 aliphatic rings. The van der Waals surface area contributed by atoms with E-state index < -0.39 is 0 Å². The molecular weight excluding hydrogens is 280 g/mol. The SMILES string of the molecule is Cc1c(Br)cccc1NC(=O)C(CN)C(C)C. The van der Waals surface area contributed by atoms with Gasteiger partial charge in [0.25, 0.3) is 0 Å². The van der Waals surface area contributed by atoms with Gasteiger partial charge in [-0.1, -0.05) is 35.8 Å². The number of hydrogen-bond acceptors (Lipinski definition) is 2. The zero-order valence-corrected chi connectivity index (χ0v) is 12.0. The Morgan fingerprint density at radius 2 is 2.12 bits per heavy atom. The number of benzene rings is 1. The van der Waals surface area contributed by atoms with E-state index >= 15 is 0 Å². The molecule has 1 rings (SSSR count). The third kappa shape index (κ3) is 3.54. The van der Waals surface area contributed by atoms with Crippen LogP contribution in [0.15, 0.2) is 22.7 Å². The van der Waals surface area contributed by atoms with Gasteiger partial charge in [-0.3, -0.25) is 4.79 Å². The Labute approximate surface area is 111 Å². The van der Waals surface area contributed by atoms with Crippen molar-refractivity contribution in [2.75, 3.05) is 11.9 Å². The molecule has 0 heterocycles. The summed E-state index contributed by atoms with van der Waals surface area (Å²) in [4.78, 5) is 12.0. The highest BCUT2D eigenvalue weighted by Gasteiger charge is 2.21. The van der Waals surface area contributed by atoms with E-state index in [1.165, 1.54) is 0 Å². The van der Waals surface area contributed by atoms with Gasteiger partial charge in [0.2, 0.25) is 5.91 Å². The van der Waals surface area contributed by atoms with Gasteiger partial charge >= 0.3 is 0 Å². The smallest absolute Gasteiger partial charge is 0.229 e. The summed E-state index contributed by atoms with van der Waals surface area (Å²) in [6.45, 7) is 6.35. The van der Waals surface area contributed by atoms with Crippen LogP contribution in [0.2, 0.25) is 0 Å². The summed E-state index contributed by atoms with van der Waals surface area (Å²) in [7, 11) is 0. The van der Waals surface area contributed by atoms with Gasteiger partial charge in [0.05, 0.1) is 5.92 Å². The number of rotatable bonds is 4. The number of amides is 1. The summed E-state index contributed by atoms with van der Waals surface area (Å²) in [6.07, 6.45) is 0. The van der Waals surface area contributed by atoms with Crippen molar-refractivity contribution in [3.63, 3.8) is 0 Å². The maximum atomic E-state index is 12.0. The summed E-state index contributed by atoms with van der Waals surface area (Å²) in [5, 5.41) is 2.93. The Kier molecular flexibility index (Phi) is 5.15. The van der Waals surface area contributed by atoms with Crippen LogP contribution in [0.3, 0.4) is 0 Å². The quantitative estimate of drug-likeness (QED) is 0.898. The molecule has 1 unspecified atom stereocenters. The van der Waals surface area contributed by atoms with Crippen molar-refractivity contribution in [2.45, 2.75) is 20.8 Å². The number of carbonyl (C=O) groups is 1. The lowest BCUT2D eigenvalue weighted by atomic mass is 9.95. The third-order valence-electron chi connectivity index (χ3n) is 2.92. The molecule has 17 heavy (non-hydrogen) atoms. The average molecular weight is 299 g/mol. The number of nitrogens with two attached hydrogens (primary N) is 1. The Bertz CT molecular complexity index is 404. The molecule has 3 nitrogen and oxygen atoms in total. The van der Waals surface area contributed by atoms with Gasteiger partial charge in [-0.25, -0.2) is 0 Å². The molecule has 0 saturated heterocycles. The summed E-state index contributed by atoms with van der Waals surface area (Å²) in [6, 6.07) is 5.75. The van der Waals surface area contributed by atoms with E-state index in [4.69, 9.17) is 5.73 Å². The van der Waals surface area contributed by atoms with E-state index in [2.05, 4.69) is 21.2 Å². The summed E-state index contributed by atoms with van der Waals surface area (Å²) < 4.78 is 0.990. The highest BCUT2D eigenvalue weighted by atomic mass is 79.9. The Hall–Kier alpha value is -0.870. The van der Waals surface area contributed by atoms with Crippen LogP contribution in [-0.4, -0.2) is 12.5 Å². The Morgan fingerprint density at radius 1 is 1.47 bits per heavy atom. The van der Waals surface area contributed by atoms with Gasteiger partial charge in [-0.2, -0.15) is 0 Å². The minimum atomic E-state index is -0.145. The molecule has 94 valence electrons. The fourth-order valence-electron chi connectivity index (χ4n) is 1.65. The first-order valence-electron chi connectivity index (χ1n) is 5.73. The van der Waals surface area contributed by atoms with Crippen LogP contribution in [0, 0.1) is 18.8 Å². The number of anilines is 1. The maximum absolute atomic E-state index is 12.0. The predicted octanol–water partition coefficient (Wildman–Crippen LogP) is 2.93. The lowest BCUT2D eigenvalue weighted by molar-refractivity contribution is -0.120. The molecular formula is C13H19BrN2O. The second kappa shape index (κ2) is 6.17. The Morgan fingerprint density at radius 3 is 2.65 bits per heavy atom. The number of carbonyl (C=O) groups excluding carboxylic acids is 1. The molecule has 1 amide bonds. The first kappa shape index (κ1) is 14.2. The molecule has 0 spiro atoms. The highest BCUT2D eigenvalue weighted by Crippen LogP contribution is 2.24. The van der Waals surface area contributed by atoms with E-state index in [9.17, 15) is 4.79 Å². The van der Waals surface area contributed by atoms with Crippen LogP contribution >= 0.6 is 15.9 Å². The lowest BCUT2D eigenvalue weighted by Crippen LogP contribution is -2.33. The van der Waals surface area contributed by atoms with E-state index in [0.717, 1.165) is 15.7 Å². The average Bonchev–Trinajstić information content (AvgIpc) is 2.25. The van der Waals surface area contributed by atoms with E-state index in [-0.39, 0.29) is 17.7 Å². The lowest BCUT2D eigenvalue weighted by Gasteiger charge is -2.19. The van der Waals surface area contributed by atoms with Gasteiger partial charge in [-0.15, -0.1) is 0 Å². The first-order valence-corrected chi connectivity index (χ1v) is 6.52. The molecule has 0 aromatic heterocycles. The molecule has 0 radical (unpaired) electrons. The molecule has 0 aliphatic carbocycles. The van der Waals surface area contributed by atoms with Gasteiger partial charge < -0.3 is 11.1 Å². The van der Waals surface area contributed by atoms with Crippen LogP contribution in [0.25, 0.3) is 0 Å².